The molecule has 5 heteroatoms. The number of hydroxylamine groups is 2. The Morgan fingerprint density at radius 1 is 1.45 bits per heavy atom. The molecule has 1 aliphatic rings. The number of rotatable bonds is 2. The van der Waals surface area contributed by atoms with Crippen molar-refractivity contribution in [3.8, 4) is 0 Å². The van der Waals surface area contributed by atoms with E-state index in [0.717, 1.165) is 0 Å². The van der Waals surface area contributed by atoms with Gasteiger partial charge in [0.05, 0.1) is 12.0 Å². The van der Waals surface area contributed by atoms with Crippen LogP contribution in [0.15, 0.2) is 30.5 Å². The first-order valence-electron chi connectivity index (χ1n) is 6.39. The summed E-state index contributed by atoms with van der Waals surface area (Å²) in [6.07, 6.45) is 3.52. The van der Waals surface area contributed by atoms with Gasteiger partial charge in [-0.2, -0.15) is 0 Å². The average molecular weight is 298 g/mol. The highest BCUT2D eigenvalue weighted by atomic mass is 35.5. The summed E-state index contributed by atoms with van der Waals surface area (Å²) in [5.74, 6) is -0.734. The summed E-state index contributed by atoms with van der Waals surface area (Å²) in [5, 5.41) is 1.96. The molecule has 0 fully saturated rings. The molecule has 20 heavy (non-hydrogen) atoms. The van der Waals surface area contributed by atoms with E-state index < -0.39 is 5.41 Å². The van der Waals surface area contributed by atoms with Crippen molar-refractivity contribution in [2.45, 2.75) is 26.7 Å². The van der Waals surface area contributed by atoms with E-state index in [-0.39, 0.29) is 17.7 Å². The zero-order valence-electron chi connectivity index (χ0n) is 11.7. The van der Waals surface area contributed by atoms with Crippen molar-refractivity contribution in [1.29, 1.82) is 0 Å². The normalized spacial score (nSPS) is 18.4. The third-order valence-corrected chi connectivity index (χ3v) is 3.38. The van der Waals surface area contributed by atoms with Crippen LogP contribution in [0.3, 0.4) is 0 Å². The molecule has 3 nitrogen and oxygen atoms in total. The molecule has 0 spiro atoms. The van der Waals surface area contributed by atoms with Crippen LogP contribution in [0.5, 0.6) is 0 Å². The molecule has 1 aromatic carbocycles. The van der Waals surface area contributed by atoms with E-state index in [1.165, 1.54) is 23.3 Å². The highest BCUT2D eigenvalue weighted by Crippen LogP contribution is 2.31. The van der Waals surface area contributed by atoms with Gasteiger partial charge in [0.2, 0.25) is 0 Å². The number of benzene rings is 1. The smallest absolute Gasteiger partial charge is 0.337 e. The molecule has 1 atom stereocenters. The molecule has 0 aliphatic carbocycles. The molecule has 0 N–H and O–H groups in total. The predicted molar refractivity (Wildman–Crippen MR) is 75.5 cm³/mol. The van der Waals surface area contributed by atoms with Crippen molar-refractivity contribution in [1.82, 2.24) is 5.06 Å². The largest absolute Gasteiger partial charge is 0.341 e. The van der Waals surface area contributed by atoms with Crippen LogP contribution in [0.2, 0.25) is 5.02 Å². The minimum atomic E-state index is -0.567. The first-order chi connectivity index (χ1) is 9.27. The van der Waals surface area contributed by atoms with Crippen LogP contribution in [0.1, 0.15) is 32.3 Å². The van der Waals surface area contributed by atoms with Gasteiger partial charge in [-0.25, -0.2) is 14.2 Å². The van der Waals surface area contributed by atoms with Crippen LogP contribution < -0.4 is 0 Å². The second-order valence-electron chi connectivity index (χ2n) is 5.84. The van der Waals surface area contributed by atoms with Crippen molar-refractivity contribution in [2.24, 2.45) is 5.41 Å². The van der Waals surface area contributed by atoms with Gasteiger partial charge in [0, 0.05) is 17.1 Å². The van der Waals surface area contributed by atoms with Crippen molar-refractivity contribution in [3.63, 3.8) is 0 Å². The molecule has 1 aliphatic heterocycles. The Morgan fingerprint density at radius 2 is 2.15 bits per heavy atom. The van der Waals surface area contributed by atoms with Gasteiger partial charge in [-0.05, 0) is 44.5 Å². The van der Waals surface area contributed by atoms with Gasteiger partial charge in [-0.1, -0.05) is 17.7 Å². The van der Waals surface area contributed by atoms with E-state index in [1.54, 1.807) is 27.0 Å². The van der Waals surface area contributed by atoms with Gasteiger partial charge in [0.25, 0.3) is 0 Å². The van der Waals surface area contributed by atoms with Gasteiger partial charge in [0.15, 0.2) is 0 Å². The number of carbonyl (C=O) groups excluding carboxylic acids is 1. The monoisotopic (exact) mass is 297 g/mol. The van der Waals surface area contributed by atoms with Gasteiger partial charge >= 0.3 is 5.97 Å². The Bertz CT molecular complexity index is 551. The first kappa shape index (κ1) is 14.9. The Hall–Kier alpha value is -1.55. The standard InChI is InChI=1S/C15H17ClFNO2/c1-15(2,3)14(19)20-18-7-6-10(9-18)12-8-11(17)4-5-13(12)16/h4-8,10H,9H2,1-3H3. The lowest BCUT2D eigenvalue weighted by Gasteiger charge is -2.22. The van der Waals surface area contributed by atoms with Crippen molar-refractivity contribution < 1.29 is 14.0 Å². The third kappa shape index (κ3) is 3.31. The van der Waals surface area contributed by atoms with Gasteiger partial charge in [-0.3, -0.25) is 0 Å². The molecule has 0 saturated heterocycles. The molecule has 108 valence electrons. The molecule has 0 amide bonds. The summed E-state index contributed by atoms with van der Waals surface area (Å²) in [7, 11) is 0. The summed E-state index contributed by atoms with van der Waals surface area (Å²) in [5.41, 5.74) is 0.125. The summed E-state index contributed by atoms with van der Waals surface area (Å²) in [6.45, 7) is 5.80. The minimum absolute atomic E-state index is 0.0917. The lowest BCUT2D eigenvalue weighted by atomic mass is 9.98. The van der Waals surface area contributed by atoms with Crippen LogP contribution in [-0.4, -0.2) is 17.6 Å². The van der Waals surface area contributed by atoms with Crippen LogP contribution >= 0.6 is 11.6 Å². The van der Waals surface area contributed by atoms with E-state index in [1.807, 2.05) is 6.08 Å². The fourth-order valence-electron chi connectivity index (χ4n) is 1.83. The number of halogens is 2. The van der Waals surface area contributed by atoms with Crippen LogP contribution in [0.25, 0.3) is 0 Å². The second kappa shape index (κ2) is 5.44. The Balaban J connectivity index is 2.05. The highest BCUT2D eigenvalue weighted by Gasteiger charge is 2.28. The first-order valence-corrected chi connectivity index (χ1v) is 6.77. The van der Waals surface area contributed by atoms with Gasteiger partial charge in [0.1, 0.15) is 5.82 Å². The van der Waals surface area contributed by atoms with Crippen LogP contribution in [0.4, 0.5) is 4.39 Å². The third-order valence-electron chi connectivity index (χ3n) is 3.03. The lowest BCUT2D eigenvalue weighted by Crippen LogP contribution is -2.30. The maximum atomic E-state index is 13.3. The van der Waals surface area contributed by atoms with E-state index >= 15 is 0 Å². The zero-order chi connectivity index (χ0) is 14.9. The molecule has 1 heterocycles. The average Bonchev–Trinajstić information content (AvgIpc) is 2.79. The van der Waals surface area contributed by atoms with E-state index in [4.69, 9.17) is 16.4 Å². The predicted octanol–water partition coefficient (Wildman–Crippen LogP) is 3.90. The summed E-state index contributed by atoms with van der Waals surface area (Å²) in [6, 6.07) is 4.26. The maximum Gasteiger partial charge on any atom is 0.337 e. The number of hydrogen-bond acceptors (Lipinski definition) is 3. The number of nitrogens with zero attached hydrogens (tertiary/aromatic N) is 1. The quantitative estimate of drug-likeness (QED) is 0.829. The molecule has 0 aromatic heterocycles. The topological polar surface area (TPSA) is 29.5 Å². The molecular weight excluding hydrogens is 281 g/mol. The fraction of sp³-hybridized carbons (Fsp3) is 0.400. The molecule has 1 unspecified atom stereocenters. The molecule has 2 rings (SSSR count). The molecule has 1 aromatic rings. The Kier molecular flexibility index (Phi) is 4.04. The molecular formula is C15H17ClFNO2. The Morgan fingerprint density at radius 3 is 2.80 bits per heavy atom. The number of hydrogen-bond donors (Lipinski definition) is 0. The van der Waals surface area contributed by atoms with Crippen molar-refractivity contribution >= 4 is 17.6 Å². The number of carbonyl (C=O) groups is 1. The van der Waals surface area contributed by atoms with E-state index in [0.29, 0.717) is 17.1 Å². The SMILES string of the molecule is CC(C)(C)C(=O)ON1C=CC(c2cc(F)ccc2Cl)C1. The summed E-state index contributed by atoms with van der Waals surface area (Å²) < 4.78 is 13.3. The van der Waals surface area contributed by atoms with Crippen molar-refractivity contribution in [2.75, 3.05) is 6.54 Å². The van der Waals surface area contributed by atoms with E-state index in [2.05, 4.69) is 0 Å². The van der Waals surface area contributed by atoms with E-state index in [9.17, 15) is 9.18 Å². The van der Waals surface area contributed by atoms with Gasteiger partial charge in [-0.15, -0.1) is 0 Å². The van der Waals surface area contributed by atoms with Gasteiger partial charge < -0.3 is 4.84 Å². The van der Waals surface area contributed by atoms with Crippen molar-refractivity contribution in [3.05, 3.63) is 46.9 Å². The van der Waals surface area contributed by atoms with Crippen LogP contribution in [0, 0.1) is 11.2 Å². The lowest BCUT2D eigenvalue weighted by molar-refractivity contribution is -0.187. The molecule has 0 bridgehead atoms. The highest BCUT2D eigenvalue weighted by molar-refractivity contribution is 6.31. The van der Waals surface area contributed by atoms with Crippen LogP contribution in [-0.2, 0) is 9.63 Å². The zero-order valence-corrected chi connectivity index (χ0v) is 12.4. The summed E-state index contributed by atoms with van der Waals surface area (Å²) in [4.78, 5) is 17.1. The Labute approximate surface area is 122 Å². The maximum absolute atomic E-state index is 13.3. The molecule has 0 radical (unpaired) electrons. The molecule has 0 saturated carbocycles. The second-order valence-corrected chi connectivity index (χ2v) is 6.25. The summed E-state index contributed by atoms with van der Waals surface area (Å²) >= 11 is 6.08. The minimum Gasteiger partial charge on any atom is -0.341 e. The fourth-order valence-corrected chi connectivity index (χ4v) is 2.09.